The molecule has 0 aromatic heterocycles. The molecule has 0 aliphatic carbocycles. The summed E-state index contributed by atoms with van der Waals surface area (Å²) in [6.07, 6.45) is 0. The smallest absolute Gasteiger partial charge is 0.337 e. The van der Waals surface area contributed by atoms with Crippen molar-refractivity contribution >= 4 is 23.3 Å². The van der Waals surface area contributed by atoms with Gasteiger partial charge in [0.05, 0.1) is 10.6 Å². The highest BCUT2D eigenvalue weighted by molar-refractivity contribution is 6.32. The van der Waals surface area contributed by atoms with Gasteiger partial charge in [-0.2, -0.15) is 0 Å². The first kappa shape index (κ1) is 14.2. The molecule has 2 aromatic carbocycles. The number of nitrogen functional groups attached to an aromatic ring is 1. The summed E-state index contributed by atoms with van der Waals surface area (Å²) in [5, 5.41) is 9.58. The predicted octanol–water partition coefficient (Wildman–Crippen LogP) is 4.03. The molecule has 0 fully saturated rings. The quantitative estimate of drug-likeness (QED) is 0.837. The standard InChI is InChI=1S/C15H14ClNO3/c1-8-3-4-13(12(16)5-8)20-10-6-9(2)14(17)11(7-10)15(18)19/h3-7H,17H2,1-2H3,(H,18,19). The van der Waals surface area contributed by atoms with E-state index in [-0.39, 0.29) is 11.3 Å². The second kappa shape index (κ2) is 5.43. The number of halogens is 1. The number of hydrogen-bond acceptors (Lipinski definition) is 3. The molecular weight excluding hydrogens is 278 g/mol. The molecule has 2 rings (SSSR count). The molecule has 104 valence electrons. The summed E-state index contributed by atoms with van der Waals surface area (Å²) in [7, 11) is 0. The van der Waals surface area contributed by atoms with Crippen molar-refractivity contribution in [2.45, 2.75) is 13.8 Å². The van der Waals surface area contributed by atoms with Crippen LogP contribution in [0, 0.1) is 13.8 Å². The molecule has 0 spiro atoms. The zero-order valence-corrected chi connectivity index (χ0v) is 11.9. The molecule has 20 heavy (non-hydrogen) atoms. The third kappa shape index (κ3) is 2.86. The molecule has 0 unspecified atom stereocenters. The lowest BCUT2D eigenvalue weighted by Crippen LogP contribution is -2.04. The van der Waals surface area contributed by atoms with Gasteiger partial charge in [-0.05, 0) is 49.2 Å². The highest BCUT2D eigenvalue weighted by Crippen LogP contribution is 2.32. The second-order valence-electron chi connectivity index (χ2n) is 4.54. The minimum atomic E-state index is -1.09. The monoisotopic (exact) mass is 291 g/mol. The molecule has 0 saturated carbocycles. The lowest BCUT2D eigenvalue weighted by Gasteiger charge is -2.12. The number of hydrogen-bond donors (Lipinski definition) is 2. The largest absolute Gasteiger partial charge is 0.478 e. The van der Waals surface area contributed by atoms with Crippen LogP contribution in [-0.2, 0) is 0 Å². The Balaban J connectivity index is 2.41. The summed E-state index contributed by atoms with van der Waals surface area (Å²) >= 11 is 6.09. The first-order valence-corrected chi connectivity index (χ1v) is 6.33. The Hall–Kier alpha value is -2.20. The number of aryl methyl sites for hydroxylation is 2. The van der Waals surface area contributed by atoms with Crippen LogP contribution in [0.5, 0.6) is 11.5 Å². The number of nitrogens with two attached hydrogens (primary N) is 1. The summed E-state index contributed by atoms with van der Waals surface area (Å²) in [4.78, 5) is 11.1. The van der Waals surface area contributed by atoms with E-state index < -0.39 is 5.97 Å². The minimum Gasteiger partial charge on any atom is -0.478 e. The lowest BCUT2D eigenvalue weighted by atomic mass is 10.1. The van der Waals surface area contributed by atoms with Gasteiger partial charge in [0.2, 0.25) is 0 Å². The Morgan fingerprint density at radius 1 is 1.25 bits per heavy atom. The number of rotatable bonds is 3. The third-order valence-corrected chi connectivity index (χ3v) is 3.20. The molecule has 0 aliphatic heterocycles. The van der Waals surface area contributed by atoms with E-state index in [1.807, 2.05) is 13.0 Å². The molecule has 0 radical (unpaired) electrons. The maximum atomic E-state index is 11.1. The maximum Gasteiger partial charge on any atom is 0.337 e. The summed E-state index contributed by atoms with van der Waals surface area (Å²) in [5.74, 6) is -0.233. The van der Waals surface area contributed by atoms with Gasteiger partial charge in [-0.25, -0.2) is 4.79 Å². The molecular formula is C15H14ClNO3. The number of ether oxygens (including phenoxy) is 1. The van der Waals surface area contributed by atoms with Crippen molar-refractivity contribution in [1.82, 2.24) is 0 Å². The second-order valence-corrected chi connectivity index (χ2v) is 4.95. The first-order valence-electron chi connectivity index (χ1n) is 5.96. The van der Waals surface area contributed by atoms with E-state index in [9.17, 15) is 4.79 Å². The van der Waals surface area contributed by atoms with Gasteiger partial charge in [-0.3, -0.25) is 0 Å². The fourth-order valence-electron chi connectivity index (χ4n) is 1.82. The number of carboxylic acid groups (broad SMARTS) is 1. The normalized spacial score (nSPS) is 10.3. The van der Waals surface area contributed by atoms with Crippen molar-refractivity contribution < 1.29 is 14.6 Å². The Morgan fingerprint density at radius 3 is 2.55 bits per heavy atom. The Kier molecular flexibility index (Phi) is 3.86. The number of aromatic carboxylic acids is 1. The fourth-order valence-corrected chi connectivity index (χ4v) is 2.09. The number of carboxylic acids is 1. The summed E-state index contributed by atoms with van der Waals surface area (Å²) in [6, 6.07) is 8.45. The molecule has 5 heteroatoms. The van der Waals surface area contributed by atoms with Gasteiger partial charge in [0.25, 0.3) is 0 Å². The molecule has 0 bridgehead atoms. The zero-order chi connectivity index (χ0) is 14.9. The van der Waals surface area contributed by atoms with E-state index in [4.69, 9.17) is 27.2 Å². The van der Waals surface area contributed by atoms with Gasteiger partial charge < -0.3 is 15.6 Å². The lowest BCUT2D eigenvalue weighted by molar-refractivity contribution is 0.0697. The Morgan fingerprint density at radius 2 is 1.95 bits per heavy atom. The van der Waals surface area contributed by atoms with Crippen LogP contribution in [0.15, 0.2) is 30.3 Å². The number of anilines is 1. The van der Waals surface area contributed by atoms with Crippen molar-refractivity contribution in [1.29, 1.82) is 0 Å². The number of benzene rings is 2. The summed E-state index contributed by atoms with van der Waals surface area (Å²) in [6.45, 7) is 3.65. The van der Waals surface area contributed by atoms with Crippen molar-refractivity contribution in [2.24, 2.45) is 0 Å². The SMILES string of the molecule is Cc1ccc(Oc2cc(C)c(N)c(C(=O)O)c2)c(Cl)c1. The van der Waals surface area contributed by atoms with Crippen LogP contribution in [0.4, 0.5) is 5.69 Å². The van der Waals surface area contributed by atoms with E-state index >= 15 is 0 Å². The van der Waals surface area contributed by atoms with Crippen LogP contribution < -0.4 is 10.5 Å². The molecule has 4 nitrogen and oxygen atoms in total. The van der Waals surface area contributed by atoms with E-state index in [1.54, 1.807) is 25.1 Å². The minimum absolute atomic E-state index is 0.0169. The van der Waals surface area contributed by atoms with Crippen LogP contribution in [0.1, 0.15) is 21.5 Å². The van der Waals surface area contributed by atoms with Gasteiger partial charge in [0, 0.05) is 5.69 Å². The topological polar surface area (TPSA) is 72.5 Å². The fraction of sp³-hybridized carbons (Fsp3) is 0.133. The van der Waals surface area contributed by atoms with Gasteiger partial charge in [0.1, 0.15) is 11.5 Å². The van der Waals surface area contributed by atoms with E-state index in [0.29, 0.717) is 22.1 Å². The van der Waals surface area contributed by atoms with Crippen LogP contribution in [-0.4, -0.2) is 11.1 Å². The van der Waals surface area contributed by atoms with Crippen LogP contribution >= 0.6 is 11.6 Å². The van der Waals surface area contributed by atoms with Gasteiger partial charge in [-0.1, -0.05) is 17.7 Å². The molecule has 0 heterocycles. The van der Waals surface area contributed by atoms with Crippen LogP contribution in [0.25, 0.3) is 0 Å². The molecule has 0 atom stereocenters. The predicted molar refractivity (Wildman–Crippen MR) is 78.8 cm³/mol. The molecule has 0 amide bonds. The molecule has 2 aromatic rings. The average Bonchev–Trinajstić information content (AvgIpc) is 2.36. The van der Waals surface area contributed by atoms with Crippen molar-refractivity contribution in [3.8, 4) is 11.5 Å². The van der Waals surface area contributed by atoms with Crippen molar-refractivity contribution in [3.63, 3.8) is 0 Å². The Labute approximate surface area is 121 Å². The maximum absolute atomic E-state index is 11.1. The van der Waals surface area contributed by atoms with E-state index in [1.165, 1.54) is 6.07 Å². The number of carbonyl (C=O) groups is 1. The summed E-state index contributed by atoms with van der Waals surface area (Å²) in [5.41, 5.74) is 7.64. The van der Waals surface area contributed by atoms with Gasteiger partial charge in [0.15, 0.2) is 0 Å². The van der Waals surface area contributed by atoms with Crippen molar-refractivity contribution in [2.75, 3.05) is 5.73 Å². The molecule has 3 N–H and O–H groups in total. The van der Waals surface area contributed by atoms with Gasteiger partial charge in [-0.15, -0.1) is 0 Å². The van der Waals surface area contributed by atoms with Crippen LogP contribution in [0.3, 0.4) is 0 Å². The molecule has 0 saturated heterocycles. The third-order valence-electron chi connectivity index (χ3n) is 2.91. The van der Waals surface area contributed by atoms with Crippen LogP contribution in [0.2, 0.25) is 5.02 Å². The summed E-state index contributed by atoms with van der Waals surface area (Å²) < 4.78 is 5.64. The van der Waals surface area contributed by atoms with E-state index in [0.717, 1.165) is 5.56 Å². The van der Waals surface area contributed by atoms with Crippen molar-refractivity contribution in [3.05, 3.63) is 52.0 Å². The van der Waals surface area contributed by atoms with Gasteiger partial charge >= 0.3 is 5.97 Å². The highest BCUT2D eigenvalue weighted by atomic mass is 35.5. The molecule has 0 aliphatic rings. The zero-order valence-electron chi connectivity index (χ0n) is 11.1. The average molecular weight is 292 g/mol. The first-order chi connectivity index (χ1) is 9.38. The highest BCUT2D eigenvalue weighted by Gasteiger charge is 2.13. The van der Waals surface area contributed by atoms with E-state index in [2.05, 4.69) is 0 Å². The Bertz CT molecular complexity index is 683.